The molecule has 1 heterocycles. The predicted octanol–water partition coefficient (Wildman–Crippen LogP) is 2.91. The number of hydrogen-bond acceptors (Lipinski definition) is 3. The van der Waals surface area contributed by atoms with Crippen LogP contribution in [0.25, 0.3) is 0 Å². The molecule has 0 amide bonds. The van der Waals surface area contributed by atoms with Crippen molar-refractivity contribution < 1.29 is 18.4 Å². The Kier molecular flexibility index (Phi) is 3.86. The molecule has 1 saturated heterocycles. The van der Waals surface area contributed by atoms with Gasteiger partial charge in [0.2, 0.25) is 0 Å². The summed E-state index contributed by atoms with van der Waals surface area (Å²) in [5.74, 6) is 0.138. The molecule has 1 aliphatic heterocycles. The smallest absolute Gasteiger partial charge is 0.491 e. The van der Waals surface area contributed by atoms with Gasteiger partial charge in [0.1, 0.15) is 11.6 Å². The minimum Gasteiger partial charge on any atom is -0.491 e. The fourth-order valence-electron chi connectivity index (χ4n) is 2.01. The van der Waals surface area contributed by atoms with Gasteiger partial charge in [-0.2, -0.15) is 0 Å². The normalized spacial score (nSPS) is 20.5. The first kappa shape index (κ1) is 15.3. The second-order valence-electron chi connectivity index (χ2n) is 6.44. The lowest BCUT2D eigenvalue weighted by atomic mass is 9.78. The second-order valence-corrected chi connectivity index (χ2v) is 6.44. The van der Waals surface area contributed by atoms with Crippen LogP contribution in [0.3, 0.4) is 0 Å². The lowest BCUT2D eigenvalue weighted by Gasteiger charge is -2.32. The highest BCUT2D eigenvalue weighted by Gasteiger charge is 2.52. The van der Waals surface area contributed by atoms with Crippen molar-refractivity contribution in [2.75, 3.05) is 0 Å². The molecule has 0 aliphatic carbocycles. The summed E-state index contributed by atoms with van der Waals surface area (Å²) in [5, 5.41) is 0. The van der Waals surface area contributed by atoms with Gasteiger partial charge >= 0.3 is 7.12 Å². The average molecular weight is 280 g/mol. The Morgan fingerprint density at radius 2 is 1.65 bits per heavy atom. The van der Waals surface area contributed by atoms with E-state index in [-0.39, 0.29) is 11.9 Å². The fourth-order valence-corrected chi connectivity index (χ4v) is 2.01. The monoisotopic (exact) mass is 280 g/mol. The highest BCUT2D eigenvalue weighted by molar-refractivity contribution is 6.62. The molecule has 0 unspecified atom stereocenters. The van der Waals surface area contributed by atoms with Crippen molar-refractivity contribution in [1.29, 1.82) is 0 Å². The van der Waals surface area contributed by atoms with Gasteiger partial charge in [-0.25, -0.2) is 4.39 Å². The standard InChI is InChI=1S/C15H22BFO3/c1-10(2)18-11-7-8-12(13(17)9-11)16-19-14(3,4)15(5,6)20-16/h7-10H,1-6H3. The van der Waals surface area contributed by atoms with Gasteiger partial charge < -0.3 is 14.0 Å². The quantitative estimate of drug-likeness (QED) is 0.797. The van der Waals surface area contributed by atoms with Gasteiger partial charge in [-0.1, -0.05) is 6.07 Å². The molecule has 0 spiro atoms. The van der Waals surface area contributed by atoms with Crippen molar-refractivity contribution in [2.24, 2.45) is 0 Å². The van der Waals surface area contributed by atoms with E-state index in [0.29, 0.717) is 11.2 Å². The van der Waals surface area contributed by atoms with Gasteiger partial charge in [0, 0.05) is 11.5 Å². The molecule has 1 aromatic rings. The van der Waals surface area contributed by atoms with E-state index in [4.69, 9.17) is 14.0 Å². The summed E-state index contributed by atoms with van der Waals surface area (Å²) in [5.41, 5.74) is -0.547. The van der Waals surface area contributed by atoms with Crippen molar-refractivity contribution in [3.8, 4) is 5.75 Å². The lowest BCUT2D eigenvalue weighted by molar-refractivity contribution is 0.00578. The third kappa shape index (κ3) is 2.84. The Morgan fingerprint density at radius 1 is 1.10 bits per heavy atom. The van der Waals surface area contributed by atoms with Gasteiger partial charge in [0.15, 0.2) is 0 Å². The number of halogens is 1. The van der Waals surface area contributed by atoms with E-state index in [1.165, 1.54) is 6.07 Å². The molecule has 1 aromatic carbocycles. The van der Waals surface area contributed by atoms with Gasteiger partial charge in [-0.15, -0.1) is 0 Å². The molecule has 110 valence electrons. The van der Waals surface area contributed by atoms with Crippen LogP contribution in [0.2, 0.25) is 0 Å². The highest BCUT2D eigenvalue weighted by atomic mass is 19.1. The maximum atomic E-state index is 14.2. The van der Waals surface area contributed by atoms with Crippen LogP contribution in [-0.2, 0) is 9.31 Å². The molecule has 1 fully saturated rings. The van der Waals surface area contributed by atoms with E-state index in [2.05, 4.69) is 0 Å². The van der Waals surface area contributed by atoms with Gasteiger partial charge in [0.05, 0.1) is 17.3 Å². The number of ether oxygens (including phenoxy) is 1. The van der Waals surface area contributed by atoms with Crippen LogP contribution in [0.1, 0.15) is 41.5 Å². The van der Waals surface area contributed by atoms with Crippen molar-refractivity contribution in [1.82, 2.24) is 0 Å². The van der Waals surface area contributed by atoms with Gasteiger partial charge in [-0.05, 0) is 47.6 Å². The average Bonchev–Trinajstić information content (AvgIpc) is 2.46. The first-order valence-corrected chi connectivity index (χ1v) is 6.94. The fraction of sp³-hybridized carbons (Fsp3) is 0.600. The Bertz CT molecular complexity index is 484. The van der Waals surface area contributed by atoms with E-state index in [0.717, 1.165) is 0 Å². The van der Waals surface area contributed by atoms with Crippen molar-refractivity contribution >= 4 is 12.6 Å². The van der Waals surface area contributed by atoms with Gasteiger partial charge in [-0.3, -0.25) is 0 Å². The minimum atomic E-state index is -0.687. The Labute approximate surface area is 120 Å². The van der Waals surface area contributed by atoms with Crippen LogP contribution in [-0.4, -0.2) is 24.4 Å². The molecule has 0 aromatic heterocycles. The third-order valence-corrected chi connectivity index (χ3v) is 3.85. The number of hydrogen-bond donors (Lipinski definition) is 0. The summed E-state index contributed by atoms with van der Waals surface area (Å²) in [6.07, 6.45) is 0.0112. The Hall–Kier alpha value is -1.07. The van der Waals surface area contributed by atoms with Crippen molar-refractivity contribution in [3.63, 3.8) is 0 Å². The van der Waals surface area contributed by atoms with Gasteiger partial charge in [0.25, 0.3) is 0 Å². The molecule has 5 heteroatoms. The SMILES string of the molecule is CC(C)Oc1ccc(B2OC(C)(C)C(C)(C)O2)c(F)c1. The summed E-state index contributed by atoms with van der Waals surface area (Å²) < 4.78 is 31.4. The molecule has 3 nitrogen and oxygen atoms in total. The third-order valence-electron chi connectivity index (χ3n) is 3.85. The van der Waals surface area contributed by atoms with Crippen LogP contribution >= 0.6 is 0 Å². The summed E-state index contributed by atoms with van der Waals surface area (Å²) >= 11 is 0. The number of benzene rings is 1. The number of rotatable bonds is 3. The topological polar surface area (TPSA) is 27.7 Å². The second kappa shape index (κ2) is 5.04. The molecule has 0 atom stereocenters. The zero-order valence-corrected chi connectivity index (χ0v) is 13.0. The summed E-state index contributed by atoms with van der Waals surface area (Å²) in [4.78, 5) is 0. The maximum absolute atomic E-state index is 14.2. The van der Waals surface area contributed by atoms with Crippen molar-refractivity contribution in [2.45, 2.75) is 58.8 Å². The Morgan fingerprint density at radius 3 is 2.10 bits per heavy atom. The molecule has 1 aliphatic rings. The molecule has 2 rings (SSSR count). The summed E-state index contributed by atoms with van der Waals surface area (Å²) in [7, 11) is -0.687. The van der Waals surface area contributed by atoms with E-state index in [1.54, 1.807) is 12.1 Å². The minimum absolute atomic E-state index is 0.0112. The van der Waals surface area contributed by atoms with Crippen LogP contribution in [0.15, 0.2) is 18.2 Å². The first-order chi connectivity index (χ1) is 9.12. The van der Waals surface area contributed by atoms with E-state index >= 15 is 0 Å². The molecular formula is C15H22BFO3. The van der Waals surface area contributed by atoms with E-state index < -0.39 is 18.3 Å². The van der Waals surface area contributed by atoms with Crippen LogP contribution in [0.4, 0.5) is 4.39 Å². The molecule has 20 heavy (non-hydrogen) atoms. The van der Waals surface area contributed by atoms with Crippen LogP contribution in [0.5, 0.6) is 5.75 Å². The molecular weight excluding hydrogens is 258 g/mol. The largest absolute Gasteiger partial charge is 0.497 e. The van der Waals surface area contributed by atoms with Crippen LogP contribution < -0.4 is 10.2 Å². The maximum Gasteiger partial charge on any atom is 0.497 e. The molecule has 0 N–H and O–H groups in total. The van der Waals surface area contributed by atoms with E-state index in [9.17, 15) is 4.39 Å². The molecule has 0 saturated carbocycles. The first-order valence-electron chi connectivity index (χ1n) is 6.94. The molecule has 0 radical (unpaired) electrons. The van der Waals surface area contributed by atoms with Crippen LogP contribution in [0, 0.1) is 5.82 Å². The van der Waals surface area contributed by atoms with E-state index in [1.807, 2.05) is 41.5 Å². The zero-order chi connectivity index (χ0) is 15.1. The predicted molar refractivity (Wildman–Crippen MR) is 77.9 cm³/mol. The Balaban J connectivity index is 2.23. The zero-order valence-electron chi connectivity index (χ0n) is 13.0. The highest BCUT2D eigenvalue weighted by Crippen LogP contribution is 2.36. The summed E-state index contributed by atoms with van der Waals surface area (Å²) in [6.45, 7) is 11.6. The molecule has 0 bridgehead atoms. The summed E-state index contributed by atoms with van der Waals surface area (Å²) in [6, 6.07) is 4.78. The van der Waals surface area contributed by atoms with Crippen molar-refractivity contribution in [3.05, 3.63) is 24.0 Å². The lowest BCUT2D eigenvalue weighted by Crippen LogP contribution is -2.41.